The Bertz CT molecular complexity index is 711. The number of oxazole rings is 1. The summed E-state index contributed by atoms with van der Waals surface area (Å²) in [4.78, 5) is 23.7. The topological polar surface area (TPSA) is 92.9 Å². The van der Waals surface area contributed by atoms with Crippen LogP contribution < -0.4 is 10.9 Å². The minimum atomic E-state index is -0.286. The first-order valence-electron chi connectivity index (χ1n) is 6.15. The molecule has 0 atom stereocenters. The first-order valence-corrected chi connectivity index (χ1v) is 6.15. The number of hydrogen-bond donors (Lipinski definition) is 2. The zero-order valence-corrected chi connectivity index (χ0v) is 10.9. The van der Waals surface area contributed by atoms with E-state index in [0.717, 1.165) is 5.56 Å². The lowest BCUT2D eigenvalue weighted by Crippen LogP contribution is -2.30. The lowest BCUT2D eigenvalue weighted by Gasteiger charge is -2.06. The number of rotatable bonds is 4. The van der Waals surface area contributed by atoms with Gasteiger partial charge >= 0.3 is 0 Å². The second-order valence-electron chi connectivity index (χ2n) is 4.09. The number of carbonyl (C=O) groups excluding carboxylic acids is 1. The number of nitrogens with one attached hydrogen (secondary N) is 2. The second-order valence-corrected chi connectivity index (χ2v) is 4.09. The average molecular weight is 281 g/mol. The second kappa shape index (κ2) is 5.83. The molecule has 2 heterocycles. The van der Waals surface area contributed by atoms with Crippen LogP contribution in [0.3, 0.4) is 0 Å². The first kappa shape index (κ1) is 12.8. The van der Waals surface area contributed by atoms with Gasteiger partial charge in [-0.15, -0.1) is 0 Å². The standard InChI is InChI=1S/C14H11N5O2/c20-13(18-19-14-16-6-1-7-17-14)11-4-2-10(3-5-11)12-8-15-9-21-12/h1-9H,(H,18,20)(H,16,17,19). The summed E-state index contributed by atoms with van der Waals surface area (Å²) in [5, 5.41) is 0. The van der Waals surface area contributed by atoms with Gasteiger partial charge in [0.1, 0.15) is 0 Å². The van der Waals surface area contributed by atoms with Gasteiger partial charge in [0.05, 0.1) is 6.20 Å². The highest BCUT2D eigenvalue weighted by Crippen LogP contribution is 2.18. The molecule has 0 spiro atoms. The van der Waals surface area contributed by atoms with Crippen molar-refractivity contribution < 1.29 is 9.21 Å². The Morgan fingerprint density at radius 2 is 1.86 bits per heavy atom. The number of nitrogens with zero attached hydrogens (tertiary/aromatic N) is 3. The fraction of sp³-hybridized carbons (Fsp3) is 0. The van der Waals surface area contributed by atoms with Gasteiger partial charge in [-0.3, -0.25) is 15.6 Å². The summed E-state index contributed by atoms with van der Waals surface area (Å²) in [6.07, 6.45) is 6.13. The third kappa shape index (κ3) is 3.03. The Morgan fingerprint density at radius 1 is 1.10 bits per heavy atom. The zero-order chi connectivity index (χ0) is 14.5. The Balaban J connectivity index is 1.65. The smallest absolute Gasteiger partial charge is 0.269 e. The molecular weight excluding hydrogens is 270 g/mol. The molecule has 2 N–H and O–H groups in total. The minimum absolute atomic E-state index is 0.286. The van der Waals surface area contributed by atoms with Crippen molar-refractivity contribution in [2.45, 2.75) is 0 Å². The van der Waals surface area contributed by atoms with Gasteiger partial charge in [0.25, 0.3) is 5.91 Å². The van der Waals surface area contributed by atoms with Crippen LogP contribution in [0.1, 0.15) is 10.4 Å². The van der Waals surface area contributed by atoms with E-state index in [1.54, 1.807) is 48.9 Å². The molecule has 0 aliphatic heterocycles. The van der Waals surface area contributed by atoms with Gasteiger partial charge < -0.3 is 4.42 Å². The maximum Gasteiger partial charge on any atom is 0.269 e. The molecule has 2 aromatic heterocycles. The van der Waals surface area contributed by atoms with Crippen LogP contribution in [-0.2, 0) is 0 Å². The van der Waals surface area contributed by atoms with Gasteiger partial charge in [-0.25, -0.2) is 15.0 Å². The summed E-state index contributed by atoms with van der Waals surface area (Å²) in [6.45, 7) is 0. The lowest BCUT2D eigenvalue weighted by atomic mass is 10.1. The highest BCUT2D eigenvalue weighted by molar-refractivity contribution is 5.95. The van der Waals surface area contributed by atoms with Gasteiger partial charge in [0, 0.05) is 23.5 Å². The van der Waals surface area contributed by atoms with Crippen molar-refractivity contribution in [3.05, 3.63) is 60.9 Å². The molecule has 0 radical (unpaired) electrons. The van der Waals surface area contributed by atoms with Crippen molar-refractivity contribution in [3.8, 4) is 11.3 Å². The largest absolute Gasteiger partial charge is 0.444 e. The summed E-state index contributed by atoms with van der Waals surface area (Å²) in [5.41, 5.74) is 6.51. The van der Waals surface area contributed by atoms with E-state index < -0.39 is 0 Å². The number of hydrazine groups is 1. The third-order valence-corrected chi connectivity index (χ3v) is 2.72. The minimum Gasteiger partial charge on any atom is -0.444 e. The van der Waals surface area contributed by atoms with Crippen molar-refractivity contribution >= 4 is 11.9 Å². The fourth-order valence-electron chi connectivity index (χ4n) is 1.69. The molecule has 1 amide bonds. The quantitative estimate of drug-likeness (QED) is 0.709. The summed E-state index contributed by atoms with van der Waals surface area (Å²) in [7, 11) is 0. The Kier molecular flexibility index (Phi) is 3.55. The molecule has 1 aromatic carbocycles. The van der Waals surface area contributed by atoms with Crippen LogP contribution in [0.25, 0.3) is 11.3 Å². The van der Waals surface area contributed by atoms with Gasteiger partial charge in [-0.05, 0) is 18.2 Å². The molecule has 0 bridgehead atoms. The maximum atomic E-state index is 12.0. The first-order chi connectivity index (χ1) is 10.3. The van der Waals surface area contributed by atoms with E-state index in [4.69, 9.17) is 4.42 Å². The van der Waals surface area contributed by atoms with Crippen LogP contribution in [0.4, 0.5) is 5.95 Å². The van der Waals surface area contributed by atoms with Crippen LogP contribution in [0.2, 0.25) is 0 Å². The van der Waals surface area contributed by atoms with E-state index in [1.165, 1.54) is 6.39 Å². The van der Waals surface area contributed by atoms with Gasteiger partial charge in [-0.1, -0.05) is 12.1 Å². The van der Waals surface area contributed by atoms with Crippen LogP contribution in [0, 0.1) is 0 Å². The Morgan fingerprint density at radius 3 is 2.52 bits per heavy atom. The summed E-state index contributed by atoms with van der Waals surface area (Å²) >= 11 is 0. The number of anilines is 1. The molecule has 0 fully saturated rings. The van der Waals surface area contributed by atoms with Crippen molar-refractivity contribution in [2.75, 3.05) is 5.43 Å². The Labute approximate surface area is 120 Å². The maximum absolute atomic E-state index is 12.0. The van der Waals surface area contributed by atoms with Crippen molar-refractivity contribution in [2.24, 2.45) is 0 Å². The van der Waals surface area contributed by atoms with Crippen LogP contribution >= 0.6 is 0 Å². The number of aromatic nitrogens is 3. The summed E-state index contributed by atoms with van der Waals surface area (Å²) in [6, 6.07) is 8.65. The van der Waals surface area contributed by atoms with Crippen molar-refractivity contribution in [1.82, 2.24) is 20.4 Å². The van der Waals surface area contributed by atoms with E-state index in [1.807, 2.05) is 0 Å². The predicted octanol–water partition coefficient (Wildman–Crippen LogP) is 1.89. The molecule has 7 nitrogen and oxygen atoms in total. The molecule has 3 rings (SSSR count). The van der Waals surface area contributed by atoms with Gasteiger partial charge in [-0.2, -0.15) is 0 Å². The molecule has 7 heteroatoms. The molecule has 21 heavy (non-hydrogen) atoms. The van der Waals surface area contributed by atoms with Crippen LogP contribution in [0.5, 0.6) is 0 Å². The van der Waals surface area contributed by atoms with E-state index in [0.29, 0.717) is 17.3 Å². The van der Waals surface area contributed by atoms with Crippen molar-refractivity contribution in [3.63, 3.8) is 0 Å². The molecule has 0 aliphatic rings. The normalized spacial score (nSPS) is 10.1. The SMILES string of the molecule is O=C(NNc1ncccn1)c1ccc(-c2cnco2)cc1. The van der Waals surface area contributed by atoms with Gasteiger partial charge in [0.15, 0.2) is 12.2 Å². The van der Waals surface area contributed by atoms with E-state index in [2.05, 4.69) is 25.8 Å². The van der Waals surface area contributed by atoms with Crippen LogP contribution in [-0.4, -0.2) is 20.9 Å². The zero-order valence-electron chi connectivity index (χ0n) is 10.9. The Hall–Kier alpha value is -3.22. The molecular formula is C14H11N5O2. The average Bonchev–Trinajstić information content (AvgIpc) is 3.08. The highest BCUT2D eigenvalue weighted by atomic mass is 16.3. The fourth-order valence-corrected chi connectivity index (χ4v) is 1.69. The number of carbonyl (C=O) groups is 1. The lowest BCUT2D eigenvalue weighted by molar-refractivity contribution is 0.0962. The van der Waals surface area contributed by atoms with Crippen LogP contribution in [0.15, 0.2) is 59.7 Å². The van der Waals surface area contributed by atoms with Crippen molar-refractivity contribution in [1.29, 1.82) is 0 Å². The molecule has 0 saturated carbocycles. The van der Waals surface area contributed by atoms with Gasteiger partial charge in [0.2, 0.25) is 5.95 Å². The molecule has 0 aliphatic carbocycles. The van der Waals surface area contributed by atoms with E-state index in [9.17, 15) is 4.79 Å². The predicted molar refractivity (Wildman–Crippen MR) is 75.1 cm³/mol. The number of benzene rings is 1. The molecule has 0 unspecified atom stereocenters. The number of amides is 1. The number of hydrogen-bond acceptors (Lipinski definition) is 6. The third-order valence-electron chi connectivity index (χ3n) is 2.72. The molecule has 3 aromatic rings. The van der Waals surface area contributed by atoms with E-state index >= 15 is 0 Å². The molecule has 0 saturated heterocycles. The van der Waals surface area contributed by atoms with E-state index in [-0.39, 0.29) is 5.91 Å². The monoisotopic (exact) mass is 281 g/mol. The molecule has 104 valence electrons. The summed E-state index contributed by atoms with van der Waals surface area (Å²) in [5.74, 6) is 0.688. The summed E-state index contributed by atoms with van der Waals surface area (Å²) < 4.78 is 5.18. The highest BCUT2D eigenvalue weighted by Gasteiger charge is 2.07.